The molecule has 31 heavy (non-hydrogen) atoms. The smallest absolute Gasteiger partial charge is 0.338 e. The lowest BCUT2D eigenvalue weighted by atomic mass is 10.1. The number of rotatable bonds is 7. The molecule has 2 heterocycles. The zero-order valence-corrected chi connectivity index (χ0v) is 16.3. The number of aromatic nitrogens is 3. The van der Waals surface area contributed by atoms with E-state index in [1.54, 1.807) is 18.3 Å². The van der Waals surface area contributed by atoms with Gasteiger partial charge in [-0.15, -0.1) is 0 Å². The van der Waals surface area contributed by atoms with E-state index < -0.39 is 23.9 Å². The molecule has 3 rings (SSSR count). The molecule has 0 fully saturated rings. The van der Waals surface area contributed by atoms with Crippen molar-refractivity contribution in [3.63, 3.8) is 0 Å². The first kappa shape index (κ1) is 21.2. The predicted octanol–water partition coefficient (Wildman–Crippen LogP) is 0.0932. The number of benzene rings is 1. The first-order valence-corrected chi connectivity index (χ1v) is 8.91. The van der Waals surface area contributed by atoms with Crippen molar-refractivity contribution in [2.75, 3.05) is 23.4 Å². The fourth-order valence-corrected chi connectivity index (χ4v) is 2.86. The highest BCUT2D eigenvalue weighted by Gasteiger charge is 2.27. The number of hydrogen-bond donors (Lipinski definition) is 5. The fourth-order valence-electron chi connectivity index (χ4n) is 2.86. The van der Waals surface area contributed by atoms with Crippen LogP contribution in [0.4, 0.5) is 17.5 Å². The number of carbonyl (C=O) groups is 3. The SMILES string of the molecule is CN(Cc1cnc2nc(N)nc(N)c2c1)c1ccc(C(=O)NC(C(=O)O)C(=O)O)cc1. The van der Waals surface area contributed by atoms with Gasteiger partial charge in [0.25, 0.3) is 5.91 Å². The summed E-state index contributed by atoms with van der Waals surface area (Å²) in [6.07, 6.45) is 1.64. The number of aliphatic carboxylic acids is 2. The number of anilines is 3. The Kier molecular flexibility index (Phi) is 5.81. The number of nitrogens with zero attached hydrogens (tertiary/aromatic N) is 4. The molecule has 12 nitrogen and oxygen atoms in total. The molecular formula is C19H19N7O5. The lowest BCUT2D eigenvalue weighted by molar-refractivity contribution is -0.150. The van der Waals surface area contributed by atoms with Gasteiger partial charge in [-0.05, 0) is 35.9 Å². The average molecular weight is 425 g/mol. The molecule has 1 aromatic carbocycles. The van der Waals surface area contributed by atoms with Crippen LogP contribution < -0.4 is 21.7 Å². The molecule has 2 aromatic heterocycles. The molecule has 7 N–H and O–H groups in total. The number of carboxylic acids is 2. The number of amides is 1. The van der Waals surface area contributed by atoms with E-state index in [-0.39, 0.29) is 17.3 Å². The maximum Gasteiger partial charge on any atom is 0.338 e. The third-order valence-electron chi connectivity index (χ3n) is 4.41. The molecule has 0 aliphatic carbocycles. The second kappa shape index (κ2) is 8.49. The van der Waals surface area contributed by atoms with Crippen molar-refractivity contribution in [2.45, 2.75) is 12.6 Å². The van der Waals surface area contributed by atoms with Gasteiger partial charge in [-0.3, -0.25) is 4.79 Å². The van der Waals surface area contributed by atoms with E-state index in [2.05, 4.69) is 15.0 Å². The Morgan fingerprint density at radius 1 is 1.10 bits per heavy atom. The number of fused-ring (bicyclic) bond motifs is 1. The molecular weight excluding hydrogens is 406 g/mol. The van der Waals surface area contributed by atoms with E-state index in [0.29, 0.717) is 17.6 Å². The van der Waals surface area contributed by atoms with Crippen LogP contribution in [0, 0.1) is 0 Å². The lowest BCUT2D eigenvalue weighted by Gasteiger charge is -2.20. The second-order valence-corrected chi connectivity index (χ2v) is 6.67. The monoisotopic (exact) mass is 425 g/mol. The summed E-state index contributed by atoms with van der Waals surface area (Å²) in [6, 6.07) is 6.02. The minimum absolute atomic E-state index is 0.0459. The maximum absolute atomic E-state index is 12.1. The van der Waals surface area contributed by atoms with Gasteiger partial charge in [-0.1, -0.05) is 0 Å². The van der Waals surface area contributed by atoms with Crippen LogP contribution in [0.2, 0.25) is 0 Å². The number of pyridine rings is 1. The number of carbonyl (C=O) groups excluding carboxylic acids is 1. The molecule has 0 spiro atoms. The normalized spacial score (nSPS) is 10.8. The Morgan fingerprint density at radius 3 is 2.35 bits per heavy atom. The molecule has 0 aliphatic heterocycles. The molecule has 0 aliphatic rings. The number of carboxylic acid groups (broad SMARTS) is 2. The highest BCUT2D eigenvalue weighted by molar-refractivity contribution is 6.04. The Morgan fingerprint density at radius 2 is 1.74 bits per heavy atom. The molecule has 12 heteroatoms. The quantitative estimate of drug-likeness (QED) is 0.322. The largest absolute Gasteiger partial charge is 0.479 e. The lowest BCUT2D eigenvalue weighted by Crippen LogP contribution is -2.46. The van der Waals surface area contributed by atoms with Crippen LogP contribution in [-0.4, -0.2) is 56.1 Å². The first-order valence-electron chi connectivity index (χ1n) is 8.91. The van der Waals surface area contributed by atoms with E-state index in [4.69, 9.17) is 21.7 Å². The Bertz CT molecular complexity index is 1150. The Hall–Kier alpha value is -4.48. The zero-order chi connectivity index (χ0) is 22.7. The molecule has 1 amide bonds. The maximum atomic E-state index is 12.1. The Labute approximate surface area is 175 Å². The topological polar surface area (TPSA) is 198 Å². The van der Waals surface area contributed by atoms with Crippen molar-refractivity contribution in [2.24, 2.45) is 0 Å². The summed E-state index contributed by atoms with van der Waals surface area (Å²) in [5, 5.41) is 20.3. The summed E-state index contributed by atoms with van der Waals surface area (Å²) in [5.41, 5.74) is 13.6. The van der Waals surface area contributed by atoms with Crippen LogP contribution in [0.3, 0.4) is 0 Å². The van der Waals surface area contributed by atoms with Crippen molar-refractivity contribution in [1.82, 2.24) is 20.3 Å². The highest BCUT2D eigenvalue weighted by atomic mass is 16.4. The van der Waals surface area contributed by atoms with Crippen molar-refractivity contribution in [3.8, 4) is 0 Å². The summed E-state index contributed by atoms with van der Waals surface area (Å²) in [6.45, 7) is 0.457. The molecule has 0 saturated heterocycles. The van der Waals surface area contributed by atoms with Crippen molar-refractivity contribution in [3.05, 3.63) is 47.7 Å². The molecule has 160 valence electrons. The summed E-state index contributed by atoms with van der Waals surface area (Å²) in [7, 11) is 1.83. The van der Waals surface area contributed by atoms with E-state index in [1.807, 2.05) is 23.3 Å². The molecule has 0 atom stereocenters. The minimum Gasteiger partial charge on any atom is -0.479 e. The number of nitrogens with two attached hydrogens (primary N) is 2. The van der Waals surface area contributed by atoms with Crippen LogP contribution in [0.5, 0.6) is 0 Å². The van der Waals surface area contributed by atoms with Crippen LogP contribution in [0.15, 0.2) is 36.5 Å². The fraction of sp³-hybridized carbons (Fsp3) is 0.158. The average Bonchev–Trinajstić information content (AvgIpc) is 2.71. The summed E-state index contributed by atoms with van der Waals surface area (Å²) >= 11 is 0. The van der Waals surface area contributed by atoms with Gasteiger partial charge in [0.1, 0.15) is 5.82 Å². The van der Waals surface area contributed by atoms with Crippen molar-refractivity contribution in [1.29, 1.82) is 0 Å². The molecule has 0 saturated carbocycles. The standard InChI is InChI=1S/C19H19N7O5/c1-26(8-9-6-12-14(20)24-19(21)25-15(12)22-7-9)11-4-2-10(3-5-11)16(27)23-13(17(28)29)18(30)31/h2-7,13H,8H2,1H3,(H,23,27)(H,28,29)(H,30,31)(H4,20,21,22,24,25). The van der Waals surface area contributed by atoms with E-state index >= 15 is 0 Å². The summed E-state index contributed by atoms with van der Waals surface area (Å²) < 4.78 is 0. The van der Waals surface area contributed by atoms with Gasteiger partial charge < -0.3 is 31.9 Å². The van der Waals surface area contributed by atoms with Gasteiger partial charge in [-0.2, -0.15) is 9.97 Å². The molecule has 0 radical (unpaired) electrons. The third-order valence-corrected chi connectivity index (χ3v) is 4.41. The second-order valence-electron chi connectivity index (χ2n) is 6.67. The first-order chi connectivity index (χ1) is 14.7. The van der Waals surface area contributed by atoms with Crippen LogP contribution >= 0.6 is 0 Å². The summed E-state index contributed by atoms with van der Waals surface area (Å²) in [4.78, 5) is 48.1. The number of nitrogens with one attached hydrogen (secondary N) is 1. The van der Waals surface area contributed by atoms with Gasteiger partial charge >= 0.3 is 11.9 Å². The molecule has 0 bridgehead atoms. The number of hydrogen-bond acceptors (Lipinski definition) is 9. The van der Waals surface area contributed by atoms with Crippen molar-refractivity contribution >= 4 is 46.3 Å². The zero-order valence-electron chi connectivity index (χ0n) is 16.3. The van der Waals surface area contributed by atoms with E-state index in [0.717, 1.165) is 11.3 Å². The van der Waals surface area contributed by atoms with Gasteiger partial charge in [0.05, 0.1) is 5.39 Å². The van der Waals surface area contributed by atoms with Crippen LogP contribution in [-0.2, 0) is 16.1 Å². The third kappa shape index (κ3) is 4.75. The predicted molar refractivity (Wildman–Crippen MR) is 111 cm³/mol. The van der Waals surface area contributed by atoms with Crippen LogP contribution in [0.1, 0.15) is 15.9 Å². The van der Waals surface area contributed by atoms with Gasteiger partial charge in [-0.25, -0.2) is 14.6 Å². The minimum atomic E-state index is -2.03. The van der Waals surface area contributed by atoms with E-state index in [9.17, 15) is 14.4 Å². The van der Waals surface area contributed by atoms with Gasteiger partial charge in [0.15, 0.2) is 5.65 Å². The van der Waals surface area contributed by atoms with Crippen LogP contribution in [0.25, 0.3) is 11.0 Å². The molecule has 0 unspecified atom stereocenters. The Balaban J connectivity index is 1.72. The van der Waals surface area contributed by atoms with Gasteiger partial charge in [0.2, 0.25) is 12.0 Å². The highest BCUT2D eigenvalue weighted by Crippen LogP contribution is 2.21. The summed E-state index contributed by atoms with van der Waals surface area (Å²) in [5.74, 6) is -3.84. The molecule has 3 aromatic rings. The van der Waals surface area contributed by atoms with Gasteiger partial charge in [0, 0.05) is 31.0 Å². The number of nitrogen functional groups attached to an aromatic ring is 2. The van der Waals surface area contributed by atoms with Crippen molar-refractivity contribution < 1.29 is 24.6 Å². The van der Waals surface area contributed by atoms with E-state index in [1.165, 1.54) is 12.1 Å².